The molecule has 1 aromatic carbocycles. The first-order valence-corrected chi connectivity index (χ1v) is 5.41. The van der Waals surface area contributed by atoms with Crippen molar-refractivity contribution in [2.75, 3.05) is 0 Å². The van der Waals surface area contributed by atoms with Gasteiger partial charge in [0, 0.05) is 0 Å². The Morgan fingerprint density at radius 1 is 1.13 bits per heavy atom. The standard InChI is InChI=1S/C13H18O2/c1-9-7-5-6-8-11(9)12-10(2)14-13(3,4)15-12/h5-8,10,12H,1-4H3. The van der Waals surface area contributed by atoms with Gasteiger partial charge in [-0.25, -0.2) is 0 Å². The molecule has 1 heterocycles. The molecule has 0 bridgehead atoms. The Kier molecular flexibility index (Phi) is 2.57. The molecule has 0 N–H and O–H groups in total. The summed E-state index contributed by atoms with van der Waals surface area (Å²) in [4.78, 5) is 0. The first-order valence-electron chi connectivity index (χ1n) is 5.41. The Morgan fingerprint density at radius 3 is 2.33 bits per heavy atom. The van der Waals surface area contributed by atoms with Gasteiger partial charge in [0.05, 0.1) is 6.10 Å². The van der Waals surface area contributed by atoms with Crippen molar-refractivity contribution >= 4 is 0 Å². The molecule has 2 nitrogen and oxygen atoms in total. The molecule has 0 radical (unpaired) electrons. The van der Waals surface area contributed by atoms with Gasteiger partial charge in [-0.3, -0.25) is 0 Å². The molecule has 0 spiro atoms. The molecule has 0 amide bonds. The largest absolute Gasteiger partial charge is 0.344 e. The molecule has 82 valence electrons. The first-order chi connectivity index (χ1) is 6.99. The Bertz CT molecular complexity index is 357. The van der Waals surface area contributed by atoms with Gasteiger partial charge in [-0.05, 0) is 38.8 Å². The molecule has 1 fully saturated rings. The van der Waals surface area contributed by atoms with E-state index in [0.29, 0.717) is 0 Å². The molecule has 1 aromatic rings. The highest BCUT2D eigenvalue weighted by Crippen LogP contribution is 2.38. The number of aryl methyl sites for hydroxylation is 1. The highest BCUT2D eigenvalue weighted by molar-refractivity contribution is 5.29. The number of ether oxygens (including phenoxy) is 2. The summed E-state index contributed by atoms with van der Waals surface area (Å²) in [5.41, 5.74) is 2.49. The topological polar surface area (TPSA) is 18.5 Å². The minimum atomic E-state index is -0.466. The van der Waals surface area contributed by atoms with Crippen molar-refractivity contribution in [2.24, 2.45) is 0 Å². The second kappa shape index (κ2) is 3.62. The van der Waals surface area contributed by atoms with Crippen molar-refractivity contribution in [3.05, 3.63) is 35.4 Å². The van der Waals surface area contributed by atoms with Gasteiger partial charge in [0.25, 0.3) is 0 Å². The molecular formula is C13H18O2. The van der Waals surface area contributed by atoms with Crippen molar-refractivity contribution in [2.45, 2.75) is 45.7 Å². The zero-order chi connectivity index (χ0) is 11.1. The lowest BCUT2D eigenvalue weighted by atomic mass is 10.0. The average molecular weight is 206 g/mol. The van der Waals surface area contributed by atoms with Gasteiger partial charge in [-0.15, -0.1) is 0 Å². The van der Waals surface area contributed by atoms with Crippen LogP contribution in [0.4, 0.5) is 0 Å². The molecule has 0 aliphatic carbocycles. The van der Waals surface area contributed by atoms with E-state index >= 15 is 0 Å². The van der Waals surface area contributed by atoms with Crippen LogP contribution in [0.2, 0.25) is 0 Å². The Labute approximate surface area is 91.2 Å². The second-order valence-electron chi connectivity index (χ2n) is 4.62. The summed E-state index contributed by atoms with van der Waals surface area (Å²) in [5.74, 6) is -0.466. The maximum absolute atomic E-state index is 5.91. The van der Waals surface area contributed by atoms with Gasteiger partial charge in [0.2, 0.25) is 0 Å². The summed E-state index contributed by atoms with van der Waals surface area (Å²) < 4.78 is 11.7. The first kappa shape index (κ1) is 10.7. The summed E-state index contributed by atoms with van der Waals surface area (Å²) >= 11 is 0. The number of hydrogen-bond donors (Lipinski definition) is 0. The van der Waals surface area contributed by atoms with E-state index < -0.39 is 5.79 Å². The minimum Gasteiger partial charge on any atom is -0.344 e. The maximum atomic E-state index is 5.91. The van der Waals surface area contributed by atoms with Crippen molar-refractivity contribution in [3.63, 3.8) is 0 Å². The van der Waals surface area contributed by atoms with Crippen LogP contribution in [0.25, 0.3) is 0 Å². The van der Waals surface area contributed by atoms with E-state index in [9.17, 15) is 0 Å². The van der Waals surface area contributed by atoms with E-state index in [0.717, 1.165) is 0 Å². The molecule has 2 heteroatoms. The summed E-state index contributed by atoms with van der Waals surface area (Å²) in [6.45, 7) is 8.09. The maximum Gasteiger partial charge on any atom is 0.164 e. The van der Waals surface area contributed by atoms with Crippen LogP contribution in [-0.4, -0.2) is 11.9 Å². The van der Waals surface area contributed by atoms with Gasteiger partial charge >= 0.3 is 0 Å². The van der Waals surface area contributed by atoms with E-state index in [1.54, 1.807) is 0 Å². The summed E-state index contributed by atoms with van der Waals surface area (Å²) in [6.07, 6.45) is 0.169. The van der Waals surface area contributed by atoms with Gasteiger partial charge in [0.1, 0.15) is 6.10 Å². The molecule has 2 atom stereocenters. The SMILES string of the molecule is Cc1ccccc1C1OC(C)(C)OC1C. The Balaban J connectivity index is 2.29. The molecule has 1 saturated heterocycles. The Hall–Kier alpha value is -0.860. The summed E-state index contributed by atoms with van der Waals surface area (Å²) in [7, 11) is 0. The zero-order valence-corrected chi connectivity index (χ0v) is 9.78. The van der Waals surface area contributed by atoms with Crippen LogP contribution < -0.4 is 0 Å². The third-order valence-corrected chi connectivity index (χ3v) is 2.80. The molecule has 0 aromatic heterocycles. The lowest BCUT2D eigenvalue weighted by Crippen LogP contribution is -2.20. The number of rotatable bonds is 1. The molecule has 2 unspecified atom stereocenters. The van der Waals surface area contributed by atoms with Crippen LogP contribution in [0, 0.1) is 6.92 Å². The normalized spacial score (nSPS) is 29.3. The molecule has 15 heavy (non-hydrogen) atoms. The average Bonchev–Trinajstić information content (AvgIpc) is 2.40. The predicted octanol–water partition coefficient (Wildman–Crippen LogP) is 3.21. The fourth-order valence-electron chi connectivity index (χ4n) is 2.16. The number of hydrogen-bond acceptors (Lipinski definition) is 2. The van der Waals surface area contributed by atoms with Gasteiger partial charge in [-0.1, -0.05) is 24.3 Å². The zero-order valence-electron chi connectivity index (χ0n) is 9.78. The van der Waals surface area contributed by atoms with Crippen LogP contribution in [0.15, 0.2) is 24.3 Å². The van der Waals surface area contributed by atoms with Crippen LogP contribution in [0.3, 0.4) is 0 Å². The third kappa shape index (κ3) is 2.06. The quantitative estimate of drug-likeness (QED) is 0.702. The lowest BCUT2D eigenvalue weighted by molar-refractivity contribution is -0.145. The molecule has 1 aliphatic heterocycles. The fraction of sp³-hybridized carbons (Fsp3) is 0.538. The second-order valence-corrected chi connectivity index (χ2v) is 4.62. The van der Waals surface area contributed by atoms with Crippen LogP contribution in [0.1, 0.15) is 38.0 Å². The van der Waals surface area contributed by atoms with Crippen molar-refractivity contribution < 1.29 is 9.47 Å². The minimum absolute atomic E-state index is 0.0567. The van der Waals surface area contributed by atoms with Gasteiger partial charge in [0.15, 0.2) is 5.79 Å². The van der Waals surface area contributed by atoms with E-state index in [-0.39, 0.29) is 12.2 Å². The monoisotopic (exact) mass is 206 g/mol. The third-order valence-electron chi connectivity index (χ3n) is 2.80. The van der Waals surface area contributed by atoms with Crippen molar-refractivity contribution in [3.8, 4) is 0 Å². The molecule has 2 rings (SSSR count). The van der Waals surface area contributed by atoms with E-state index in [4.69, 9.17) is 9.47 Å². The smallest absolute Gasteiger partial charge is 0.164 e. The van der Waals surface area contributed by atoms with Crippen molar-refractivity contribution in [1.29, 1.82) is 0 Å². The van der Waals surface area contributed by atoms with Crippen molar-refractivity contribution in [1.82, 2.24) is 0 Å². The van der Waals surface area contributed by atoms with Gasteiger partial charge in [-0.2, -0.15) is 0 Å². The van der Waals surface area contributed by atoms with Gasteiger partial charge < -0.3 is 9.47 Å². The fourth-order valence-corrected chi connectivity index (χ4v) is 2.16. The summed E-state index contributed by atoms with van der Waals surface area (Å²) in [6, 6.07) is 8.31. The lowest BCUT2D eigenvalue weighted by Gasteiger charge is -2.18. The summed E-state index contributed by atoms with van der Waals surface area (Å²) in [5, 5.41) is 0. The highest BCUT2D eigenvalue weighted by atomic mass is 16.7. The Morgan fingerprint density at radius 2 is 1.80 bits per heavy atom. The molecule has 0 saturated carbocycles. The van der Waals surface area contributed by atoms with E-state index in [1.165, 1.54) is 11.1 Å². The van der Waals surface area contributed by atoms with E-state index in [2.05, 4.69) is 26.0 Å². The van der Waals surface area contributed by atoms with E-state index in [1.807, 2.05) is 26.0 Å². The highest BCUT2D eigenvalue weighted by Gasteiger charge is 2.39. The molecule has 1 aliphatic rings. The van der Waals surface area contributed by atoms with Crippen LogP contribution in [-0.2, 0) is 9.47 Å². The van der Waals surface area contributed by atoms with Crippen LogP contribution >= 0.6 is 0 Å². The van der Waals surface area contributed by atoms with Crippen LogP contribution in [0.5, 0.6) is 0 Å². The predicted molar refractivity (Wildman–Crippen MR) is 59.6 cm³/mol. The number of benzene rings is 1. The molecular weight excluding hydrogens is 188 g/mol.